The van der Waals surface area contributed by atoms with E-state index >= 15 is 0 Å². The molecule has 0 bridgehead atoms. The molecule has 66 valence electrons. The molecule has 0 unspecified atom stereocenters. The maximum absolute atomic E-state index is 9.17. The van der Waals surface area contributed by atoms with Gasteiger partial charge in [-0.05, 0) is 6.92 Å². The van der Waals surface area contributed by atoms with Crippen LogP contribution in [0.1, 0.15) is 33.6 Å². The van der Waals surface area contributed by atoms with Crippen LogP contribution in [0.5, 0.6) is 0 Å². The molecule has 3 nitrogen and oxygen atoms in total. The molecule has 0 fully saturated rings. The van der Waals surface area contributed by atoms with Gasteiger partial charge >= 0.3 is 0 Å². The molecule has 0 rings (SSSR count). The lowest BCUT2D eigenvalue weighted by atomic mass is 10.6. The van der Waals surface area contributed by atoms with E-state index in [0.717, 1.165) is 18.9 Å². The number of hydrogen-bond donors (Lipinski definition) is 0. The monoisotopic (exact) mass is 160 g/mol. The van der Waals surface area contributed by atoms with Crippen molar-refractivity contribution in [1.29, 1.82) is 0 Å². The minimum Gasteiger partial charge on any atom is -0.304 e. The van der Waals surface area contributed by atoms with Gasteiger partial charge in [-0.2, -0.15) is 0 Å². The second-order valence-corrected chi connectivity index (χ2v) is 1.39. The first-order valence-electron chi connectivity index (χ1n) is 3.52. The topological polar surface area (TPSA) is 51.2 Å². The summed E-state index contributed by atoms with van der Waals surface area (Å²) in [7, 11) is 0. The summed E-state index contributed by atoms with van der Waals surface area (Å²) in [6, 6.07) is 0. The van der Waals surface area contributed by atoms with E-state index in [4.69, 9.17) is 4.79 Å². The SMILES string of the molecule is CC=O.CCC=O.CCC=O. The van der Waals surface area contributed by atoms with Crippen LogP contribution in [0.15, 0.2) is 0 Å². The lowest BCUT2D eigenvalue weighted by Gasteiger charge is -1.51. The Kier molecular flexibility index (Phi) is 54.0. The summed E-state index contributed by atoms with van der Waals surface area (Å²) in [5.74, 6) is 0. The van der Waals surface area contributed by atoms with Gasteiger partial charge in [-0.3, -0.25) is 0 Å². The predicted octanol–water partition coefficient (Wildman–Crippen LogP) is 1.40. The van der Waals surface area contributed by atoms with Crippen LogP contribution in [0, 0.1) is 0 Å². The third-order valence-corrected chi connectivity index (χ3v) is 0.333. The lowest BCUT2D eigenvalue weighted by Crippen LogP contribution is -1.55. The summed E-state index contributed by atoms with van der Waals surface area (Å²) < 4.78 is 0. The summed E-state index contributed by atoms with van der Waals surface area (Å²) in [6.07, 6.45) is 3.78. The Bertz CT molecular complexity index is 71.4. The Balaban J connectivity index is -0.0000000886. The zero-order valence-corrected chi connectivity index (χ0v) is 7.37. The van der Waals surface area contributed by atoms with Gasteiger partial charge in [-0.1, -0.05) is 13.8 Å². The van der Waals surface area contributed by atoms with Crippen molar-refractivity contribution in [3.05, 3.63) is 0 Å². The van der Waals surface area contributed by atoms with E-state index in [-0.39, 0.29) is 0 Å². The first kappa shape index (κ1) is 16.5. The molecule has 0 radical (unpaired) electrons. The molecule has 0 spiro atoms. The van der Waals surface area contributed by atoms with Gasteiger partial charge in [-0.25, -0.2) is 0 Å². The smallest absolute Gasteiger partial charge is 0.119 e. The predicted molar refractivity (Wildman–Crippen MR) is 44.4 cm³/mol. The maximum Gasteiger partial charge on any atom is 0.119 e. The van der Waals surface area contributed by atoms with Gasteiger partial charge in [0.2, 0.25) is 0 Å². The molecule has 0 aliphatic heterocycles. The largest absolute Gasteiger partial charge is 0.304 e. The number of carbonyl (C=O) groups is 3. The Morgan fingerprint density at radius 3 is 1.00 bits per heavy atom. The molecular weight excluding hydrogens is 144 g/mol. The Morgan fingerprint density at radius 1 is 0.909 bits per heavy atom. The van der Waals surface area contributed by atoms with E-state index in [2.05, 4.69) is 0 Å². The lowest BCUT2D eigenvalue weighted by molar-refractivity contribution is -0.108. The van der Waals surface area contributed by atoms with Crippen LogP contribution in [0.3, 0.4) is 0 Å². The van der Waals surface area contributed by atoms with Gasteiger partial charge in [-0.15, -0.1) is 0 Å². The van der Waals surface area contributed by atoms with Gasteiger partial charge in [0.15, 0.2) is 0 Å². The summed E-state index contributed by atoms with van der Waals surface area (Å²) in [4.78, 5) is 27.2. The van der Waals surface area contributed by atoms with Crippen LogP contribution in [0.25, 0.3) is 0 Å². The Morgan fingerprint density at radius 2 is 1.00 bits per heavy atom. The number of carbonyl (C=O) groups excluding carboxylic acids is 3. The van der Waals surface area contributed by atoms with Crippen molar-refractivity contribution >= 4 is 18.9 Å². The molecule has 0 saturated carbocycles. The molecule has 0 atom stereocenters. The van der Waals surface area contributed by atoms with Crippen molar-refractivity contribution in [2.24, 2.45) is 0 Å². The van der Waals surface area contributed by atoms with E-state index < -0.39 is 0 Å². The van der Waals surface area contributed by atoms with Gasteiger partial charge in [0.05, 0.1) is 0 Å². The normalized spacial score (nSPS) is 5.73. The van der Waals surface area contributed by atoms with Crippen LogP contribution in [0.4, 0.5) is 0 Å². The Labute approximate surface area is 67.8 Å². The van der Waals surface area contributed by atoms with Crippen LogP contribution in [-0.4, -0.2) is 18.9 Å². The van der Waals surface area contributed by atoms with Crippen LogP contribution in [0.2, 0.25) is 0 Å². The van der Waals surface area contributed by atoms with Crippen LogP contribution < -0.4 is 0 Å². The molecule has 0 amide bonds. The quantitative estimate of drug-likeness (QED) is 0.573. The van der Waals surface area contributed by atoms with Crippen LogP contribution >= 0.6 is 0 Å². The van der Waals surface area contributed by atoms with Crippen molar-refractivity contribution in [2.45, 2.75) is 33.6 Å². The van der Waals surface area contributed by atoms with E-state index in [0.29, 0.717) is 12.8 Å². The molecule has 0 heterocycles. The average Bonchev–Trinajstić information content (AvgIpc) is 2.06. The summed E-state index contributed by atoms with van der Waals surface area (Å²) >= 11 is 0. The number of rotatable bonds is 2. The van der Waals surface area contributed by atoms with Gasteiger partial charge < -0.3 is 14.4 Å². The van der Waals surface area contributed by atoms with Gasteiger partial charge in [0, 0.05) is 12.8 Å². The fourth-order valence-corrected chi connectivity index (χ4v) is 0. The van der Waals surface area contributed by atoms with Crippen molar-refractivity contribution < 1.29 is 14.4 Å². The minimum absolute atomic E-state index is 0.639. The molecule has 0 aromatic rings. The summed E-state index contributed by atoms with van der Waals surface area (Å²) in [5.41, 5.74) is 0. The van der Waals surface area contributed by atoms with E-state index in [1.165, 1.54) is 6.92 Å². The molecule has 0 saturated heterocycles. The number of aldehydes is 3. The molecule has 0 N–H and O–H groups in total. The second kappa shape index (κ2) is 36.0. The van der Waals surface area contributed by atoms with Crippen molar-refractivity contribution in [3.8, 4) is 0 Å². The highest BCUT2D eigenvalue weighted by Crippen LogP contribution is 1.53. The minimum atomic E-state index is 0.639. The second-order valence-electron chi connectivity index (χ2n) is 1.39. The highest BCUT2D eigenvalue weighted by atomic mass is 16.1. The molecule has 0 aromatic carbocycles. The van der Waals surface area contributed by atoms with E-state index in [1.807, 2.05) is 13.8 Å². The highest BCUT2D eigenvalue weighted by Gasteiger charge is 1.53. The van der Waals surface area contributed by atoms with Crippen molar-refractivity contribution in [1.82, 2.24) is 0 Å². The molecule has 0 aliphatic carbocycles. The first-order valence-corrected chi connectivity index (χ1v) is 3.52. The molecular formula is C8H16O3. The zero-order chi connectivity index (χ0) is 9.54. The van der Waals surface area contributed by atoms with Gasteiger partial charge in [0.1, 0.15) is 18.9 Å². The Hall–Kier alpha value is -0.990. The molecule has 0 aromatic heterocycles. The molecule has 0 aliphatic rings. The summed E-state index contributed by atoms with van der Waals surface area (Å²) in [5, 5.41) is 0. The first-order chi connectivity index (χ1) is 5.24. The van der Waals surface area contributed by atoms with Crippen molar-refractivity contribution in [3.63, 3.8) is 0 Å². The van der Waals surface area contributed by atoms with Gasteiger partial charge in [0.25, 0.3) is 0 Å². The van der Waals surface area contributed by atoms with Crippen molar-refractivity contribution in [2.75, 3.05) is 0 Å². The highest BCUT2D eigenvalue weighted by molar-refractivity contribution is 5.48. The van der Waals surface area contributed by atoms with Crippen LogP contribution in [-0.2, 0) is 14.4 Å². The zero-order valence-electron chi connectivity index (χ0n) is 7.37. The fourth-order valence-electron chi connectivity index (χ4n) is 0. The maximum atomic E-state index is 9.17. The summed E-state index contributed by atoms with van der Waals surface area (Å²) in [6.45, 7) is 5.07. The standard InChI is InChI=1S/2C3H6O.C2H4O/c2*1-2-3-4;1-2-3/h2*3H,2H2,1H3;2H,1H3. The number of hydrogen-bond acceptors (Lipinski definition) is 3. The van der Waals surface area contributed by atoms with E-state index in [9.17, 15) is 9.59 Å². The fraction of sp³-hybridized carbons (Fsp3) is 0.625. The molecule has 3 heteroatoms. The van der Waals surface area contributed by atoms with E-state index in [1.54, 1.807) is 0 Å². The average molecular weight is 160 g/mol. The third-order valence-electron chi connectivity index (χ3n) is 0.333. The molecule has 11 heavy (non-hydrogen) atoms. The third kappa shape index (κ3) is 434.